The van der Waals surface area contributed by atoms with E-state index < -0.39 is 0 Å². The highest BCUT2D eigenvalue weighted by molar-refractivity contribution is 7.11. The molecular weight excluding hydrogens is 292 g/mol. The van der Waals surface area contributed by atoms with Crippen molar-refractivity contribution in [3.05, 3.63) is 51.5 Å². The summed E-state index contributed by atoms with van der Waals surface area (Å²) in [5, 5.41) is 14.1. The van der Waals surface area contributed by atoms with E-state index in [9.17, 15) is 0 Å². The molecule has 118 valence electrons. The number of hydrogen-bond donors (Lipinski definition) is 2. The van der Waals surface area contributed by atoms with Crippen molar-refractivity contribution in [3.8, 4) is 0 Å². The number of aryl methyl sites for hydroxylation is 2. The average molecular weight is 316 g/mol. The van der Waals surface area contributed by atoms with Crippen molar-refractivity contribution in [1.29, 1.82) is 0 Å². The van der Waals surface area contributed by atoms with Gasteiger partial charge >= 0.3 is 0 Å². The smallest absolute Gasteiger partial charge is 0.110 e. The summed E-state index contributed by atoms with van der Waals surface area (Å²) in [5.41, 5.74) is 2.60. The molecule has 1 aromatic heterocycles. The van der Waals surface area contributed by atoms with E-state index in [1.54, 1.807) is 0 Å². The summed E-state index contributed by atoms with van der Waals surface area (Å²) in [4.78, 5) is 6.31. The van der Waals surface area contributed by atoms with Crippen molar-refractivity contribution in [2.75, 3.05) is 6.61 Å². The third-order valence-electron chi connectivity index (χ3n) is 4.29. The van der Waals surface area contributed by atoms with E-state index in [0.29, 0.717) is 0 Å². The Kier molecular flexibility index (Phi) is 5.24. The molecule has 0 bridgehead atoms. The quantitative estimate of drug-likeness (QED) is 0.817. The fourth-order valence-corrected chi connectivity index (χ4v) is 4.26. The van der Waals surface area contributed by atoms with Crippen LogP contribution in [-0.4, -0.2) is 16.7 Å². The summed E-state index contributed by atoms with van der Waals surface area (Å²) >= 11 is 1.87. The van der Waals surface area contributed by atoms with E-state index in [2.05, 4.69) is 36.5 Å². The van der Waals surface area contributed by atoms with Gasteiger partial charge in [0.1, 0.15) is 5.01 Å². The number of thiazole rings is 1. The summed E-state index contributed by atoms with van der Waals surface area (Å²) in [7, 11) is 0. The minimum atomic E-state index is 0.241. The van der Waals surface area contributed by atoms with Crippen molar-refractivity contribution in [2.45, 2.75) is 51.1 Å². The summed E-state index contributed by atoms with van der Waals surface area (Å²) in [6.07, 6.45) is 5.36. The second kappa shape index (κ2) is 7.36. The van der Waals surface area contributed by atoms with Gasteiger partial charge in [0, 0.05) is 17.5 Å². The first kappa shape index (κ1) is 15.7. The van der Waals surface area contributed by atoms with Crippen molar-refractivity contribution < 1.29 is 5.11 Å². The van der Waals surface area contributed by atoms with Crippen LogP contribution in [0.5, 0.6) is 0 Å². The van der Waals surface area contributed by atoms with E-state index in [4.69, 9.17) is 10.1 Å². The Balaban J connectivity index is 1.71. The monoisotopic (exact) mass is 316 g/mol. The Labute approximate surface area is 136 Å². The van der Waals surface area contributed by atoms with Gasteiger partial charge in [0.2, 0.25) is 0 Å². The summed E-state index contributed by atoms with van der Waals surface area (Å²) in [6.45, 7) is 2.44. The molecule has 0 saturated heterocycles. The number of rotatable bonds is 7. The van der Waals surface area contributed by atoms with Crippen LogP contribution in [0.25, 0.3) is 0 Å². The molecule has 2 N–H and O–H groups in total. The lowest BCUT2D eigenvalue weighted by molar-refractivity contribution is 0.272. The molecule has 2 unspecified atom stereocenters. The minimum Gasteiger partial charge on any atom is -0.396 e. The van der Waals surface area contributed by atoms with Gasteiger partial charge < -0.3 is 10.4 Å². The number of nitrogens with one attached hydrogen (secondary N) is 1. The van der Waals surface area contributed by atoms with E-state index >= 15 is 0 Å². The Morgan fingerprint density at radius 1 is 1.27 bits per heavy atom. The first-order valence-corrected chi connectivity index (χ1v) is 9.00. The average Bonchev–Trinajstić information content (AvgIpc) is 3.13. The van der Waals surface area contributed by atoms with Crippen LogP contribution < -0.4 is 5.32 Å². The number of fused-ring (bicyclic) bond motifs is 1. The lowest BCUT2D eigenvalue weighted by Crippen LogP contribution is -2.25. The van der Waals surface area contributed by atoms with Crippen molar-refractivity contribution in [1.82, 2.24) is 10.3 Å². The molecular formula is C18H24N2OS. The number of aromatic nitrogens is 1. The fraction of sp³-hybridized carbons (Fsp3) is 0.500. The van der Waals surface area contributed by atoms with Crippen LogP contribution in [0, 0.1) is 0 Å². The van der Waals surface area contributed by atoms with Crippen LogP contribution in [0.2, 0.25) is 0 Å². The highest BCUT2D eigenvalue weighted by Crippen LogP contribution is 2.32. The zero-order valence-corrected chi connectivity index (χ0v) is 13.9. The number of hydrogen-bond acceptors (Lipinski definition) is 4. The van der Waals surface area contributed by atoms with Crippen LogP contribution in [0.1, 0.15) is 59.4 Å². The molecule has 1 heterocycles. The molecule has 0 amide bonds. The maximum absolute atomic E-state index is 9.15. The molecule has 22 heavy (non-hydrogen) atoms. The van der Waals surface area contributed by atoms with Crippen LogP contribution in [0.4, 0.5) is 0 Å². The summed E-state index contributed by atoms with van der Waals surface area (Å²) in [6, 6.07) is 11.0. The molecule has 1 aliphatic carbocycles. The lowest BCUT2D eigenvalue weighted by atomic mass is 10.0. The third kappa shape index (κ3) is 3.57. The highest BCUT2D eigenvalue weighted by Gasteiger charge is 2.21. The van der Waals surface area contributed by atoms with Gasteiger partial charge in [-0.1, -0.05) is 30.3 Å². The standard InChI is InChI=1S/C18H24N2OS/c1-13(18-20-16-9-5-11-17(16)22-18)19-15(10-6-12-21)14-7-3-2-4-8-14/h2-4,7-8,13,15,19,21H,5-6,9-12H2,1H3. The first-order valence-electron chi connectivity index (χ1n) is 8.18. The maximum atomic E-state index is 9.15. The van der Waals surface area contributed by atoms with Crippen LogP contribution in [0.3, 0.4) is 0 Å². The topological polar surface area (TPSA) is 45.1 Å². The second-order valence-electron chi connectivity index (χ2n) is 5.99. The number of benzene rings is 1. The first-order chi connectivity index (χ1) is 10.8. The Hall–Kier alpha value is -1.23. The number of aliphatic hydroxyl groups excluding tert-OH is 1. The van der Waals surface area contributed by atoms with Crippen LogP contribution in [0.15, 0.2) is 30.3 Å². The van der Waals surface area contributed by atoms with Gasteiger partial charge in [-0.3, -0.25) is 0 Å². The summed E-state index contributed by atoms with van der Waals surface area (Å²) < 4.78 is 0. The molecule has 3 rings (SSSR count). The van der Waals surface area contributed by atoms with E-state index in [1.165, 1.54) is 34.0 Å². The van der Waals surface area contributed by atoms with Crippen molar-refractivity contribution in [2.24, 2.45) is 0 Å². The van der Waals surface area contributed by atoms with Crippen LogP contribution >= 0.6 is 11.3 Å². The molecule has 3 nitrogen and oxygen atoms in total. The number of nitrogens with zero attached hydrogens (tertiary/aromatic N) is 1. The molecule has 0 aliphatic heterocycles. The fourth-order valence-electron chi connectivity index (χ4n) is 3.10. The van der Waals surface area contributed by atoms with Gasteiger partial charge in [-0.2, -0.15) is 0 Å². The van der Waals surface area contributed by atoms with Gasteiger partial charge in [0.05, 0.1) is 11.7 Å². The van der Waals surface area contributed by atoms with E-state index in [1.807, 2.05) is 17.4 Å². The molecule has 0 saturated carbocycles. The van der Waals surface area contributed by atoms with Crippen LogP contribution in [-0.2, 0) is 12.8 Å². The van der Waals surface area contributed by atoms with Crippen molar-refractivity contribution in [3.63, 3.8) is 0 Å². The minimum absolute atomic E-state index is 0.241. The Morgan fingerprint density at radius 3 is 2.82 bits per heavy atom. The normalized spacial score (nSPS) is 16.5. The number of aliphatic hydroxyl groups is 1. The van der Waals surface area contributed by atoms with Gasteiger partial charge in [-0.05, 0) is 44.6 Å². The molecule has 0 spiro atoms. The Morgan fingerprint density at radius 2 is 2.09 bits per heavy atom. The van der Waals surface area contributed by atoms with Gasteiger partial charge in [0.25, 0.3) is 0 Å². The second-order valence-corrected chi connectivity index (χ2v) is 7.11. The summed E-state index contributed by atoms with van der Waals surface area (Å²) in [5.74, 6) is 0. The Bertz CT molecular complexity index is 575. The van der Waals surface area contributed by atoms with Gasteiger partial charge in [0.15, 0.2) is 0 Å². The van der Waals surface area contributed by atoms with Gasteiger partial charge in [-0.25, -0.2) is 4.98 Å². The van der Waals surface area contributed by atoms with Crippen molar-refractivity contribution >= 4 is 11.3 Å². The lowest BCUT2D eigenvalue weighted by Gasteiger charge is -2.22. The zero-order chi connectivity index (χ0) is 15.4. The van der Waals surface area contributed by atoms with Gasteiger partial charge in [-0.15, -0.1) is 11.3 Å². The SMILES string of the molecule is CC(NC(CCCO)c1ccccc1)c1nc2c(s1)CCC2. The zero-order valence-electron chi connectivity index (χ0n) is 13.1. The highest BCUT2D eigenvalue weighted by atomic mass is 32.1. The molecule has 1 aromatic carbocycles. The molecule has 2 atom stereocenters. The molecule has 4 heteroatoms. The third-order valence-corrected chi connectivity index (χ3v) is 5.63. The molecule has 0 fully saturated rings. The molecule has 0 radical (unpaired) electrons. The predicted molar refractivity (Wildman–Crippen MR) is 91.2 cm³/mol. The predicted octanol–water partition coefficient (Wildman–Crippen LogP) is 3.80. The van der Waals surface area contributed by atoms with E-state index in [-0.39, 0.29) is 18.7 Å². The largest absolute Gasteiger partial charge is 0.396 e. The van der Waals surface area contributed by atoms with E-state index in [0.717, 1.165) is 19.3 Å². The molecule has 1 aliphatic rings. The molecule has 2 aromatic rings. The maximum Gasteiger partial charge on any atom is 0.110 e.